The molecule has 0 saturated carbocycles. The van der Waals surface area contributed by atoms with Crippen molar-refractivity contribution in [2.24, 2.45) is 0 Å². The maximum absolute atomic E-state index is 11.9. The molecule has 150 valence electrons. The highest BCUT2D eigenvalue weighted by atomic mass is 16.4. The summed E-state index contributed by atoms with van der Waals surface area (Å²) >= 11 is 0. The van der Waals surface area contributed by atoms with Crippen LogP contribution in [0.15, 0.2) is 84.9 Å². The van der Waals surface area contributed by atoms with E-state index in [1.54, 1.807) is 6.07 Å². The van der Waals surface area contributed by atoms with Gasteiger partial charge in [0.05, 0.1) is 5.56 Å². The molecule has 0 fully saturated rings. The van der Waals surface area contributed by atoms with Crippen LogP contribution in [0.3, 0.4) is 0 Å². The van der Waals surface area contributed by atoms with Crippen LogP contribution in [0.5, 0.6) is 0 Å². The van der Waals surface area contributed by atoms with E-state index in [-0.39, 0.29) is 5.92 Å². The van der Waals surface area contributed by atoms with Crippen LogP contribution in [0.1, 0.15) is 45.8 Å². The number of hydrogen-bond acceptors (Lipinski definition) is 1. The van der Waals surface area contributed by atoms with E-state index in [0.29, 0.717) is 5.56 Å². The van der Waals surface area contributed by atoms with Crippen molar-refractivity contribution in [3.63, 3.8) is 0 Å². The van der Waals surface area contributed by atoms with Gasteiger partial charge in [-0.2, -0.15) is 0 Å². The standard InChI is InChI=1S/C29H22O2/c30-29(31)21-16-20-7-2-4-10-23(20)27(17-21)25-11-5-8-19-13-14-24-22-9-3-1-6-18(22)12-15-26(24)28(19)25/h1-4,6-7,9-10,12-17,25H,5,8,11H2,(H,30,31). The largest absolute Gasteiger partial charge is 0.478 e. The SMILES string of the molecule is O=C(O)c1cc(C2CCCc3ccc4c(ccc5ccccc54)c32)c2ccccc2c1. The van der Waals surface area contributed by atoms with Crippen molar-refractivity contribution < 1.29 is 9.90 Å². The van der Waals surface area contributed by atoms with Crippen LogP contribution in [0.2, 0.25) is 0 Å². The molecular weight excluding hydrogens is 380 g/mol. The summed E-state index contributed by atoms with van der Waals surface area (Å²) in [5.74, 6) is -0.676. The number of carboxylic acids is 1. The van der Waals surface area contributed by atoms with Crippen LogP contribution in [-0.2, 0) is 6.42 Å². The van der Waals surface area contributed by atoms with Gasteiger partial charge >= 0.3 is 5.97 Å². The number of benzene rings is 5. The highest BCUT2D eigenvalue weighted by Crippen LogP contribution is 2.44. The van der Waals surface area contributed by atoms with Gasteiger partial charge in [0.2, 0.25) is 0 Å². The first kappa shape index (κ1) is 18.1. The lowest BCUT2D eigenvalue weighted by Crippen LogP contribution is -2.13. The van der Waals surface area contributed by atoms with Crippen molar-refractivity contribution in [2.45, 2.75) is 25.2 Å². The van der Waals surface area contributed by atoms with Crippen LogP contribution >= 0.6 is 0 Å². The minimum atomic E-state index is -0.869. The third-order valence-electron chi connectivity index (χ3n) is 6.86. The predicted molar refractivity (Wildman–Crippen MR) is 127 cm³/mol. The van der Waals surface area contributed by atoms with Crippen LogP contribution in [0.25, 0.3) is 32.3 Å². The zero-order chi connectivity index (χ0) is 20.9. The molecule has 0 radical (unpaired) electrons. The molecule has 2 heteroatoms. The Balaban J connectivity index is 1.68. The van der Waals surface area contributed by atoms with E-state index in [1.165, 1.54) is 32.7 Å². The van der Waals surface area contributed by atoms with E-state index >= 15 is 0 Å². The first-order valence-corrected chi connectivity index (χ1v) is 10.9. The summed E-state index contributed by atoms with van der Waals surface area (Å²) in [5.41, 5.74) is 4.27. The number of carboxylic acid groups (broad SMARTS) is 1. The van der Waals surface area contributed by atoms with Crippen molar-refractivity contribution in [3.05, 3.63) is 107 Å². The van der Waals surface area contributed by atoms with Crippen LogP contribution in [0.4, 0.5) is 0 Å². The van der Waals surface area contributed by atoms with E-state index in [9.17, 15) is 9.90 Å². The molecule has 0 bridgehead atoms. The Bertz CT molecular complexity index is 1500. The molecule has 0 heterocycles. The highest BCUT2D eigenvalue weighted by Gasteiger charge is 2.26. The average molecular weight is 402 g/mol. The molecule has 1 aliphatic rings. The van der Waals surface area contributed by atoms with Gasteiger partial charge in [-0.15, -0.1) is 0 Å². The molecule has 0 amide bonds. The second-order valence-electron chi connectivity index (χ2n) is 8.56. The topological polar surface area (TPSA) is 37.3 Å². The van der Waals surface area contributed by atoms with E-state index in [4.69, 9.17) is 0 Å². The third-order valence-corrected chi connectivity index (χ3v) is 6.86. The Hall–Kier alpha value is -3.65. The zero-order valence-corrected chi connectivity index (χ0v) is 17.1. The molecule has 5 aromatic rings. The molecule has 5 aromatic carbocycles. The lowest BCUT2D eigenvalue weighted by Gasteiger charge is -2.29. The molecule has 1 N–H and O–H groups in total. The van der Waals surface area contributed by atoms with Gasteiger partial charge in [-0.05, 0) is 80.4 Å². The molecule has 1 aliphatic carbocycles. The third kappa shape index (κ3) is 2.83. The minimum Gasteiger partial charge on any atom is -0.478 e. The molecule has 0 aromatic heterocycles. The quantitative estimate of drug-likeness (QED) is 0.314. The zero-order valence-electron chi connectivity index (χ0n) is 17.1. The van der Waals surface area contributed by atoms with Gasteiger partial charge in [-0.25, -0.2) is 4.79 Å². The van der Waals surface area contributed by atoms with Crippen molar-refractivity contribution in [1.82, 2.24) is 0 Å². The van der Waals surface area contributed by atoms with Crippen molar-refractivity contribution in [3.8, 4) is 0 Å². The first-order chi connectivity index (χ1) is 15.2. The van der Waals surface area contributed by atoms with Crippen LogP contribution in [-0.4, -0.2) is 11.1 Å². The fourth-order valence-electron chi connectivity index (χ4n) is 5.49. The summed E-state index contributed by atoms with van der Waals surface area (Å²) in [6.45, 7) is 0. The van der Waals surface area contributed by atoms with E-state index < -0.39 is 5.97 Å². The normalized spacial score (nSPS) is 15.9. The van der Waals surface area contributed by atoms with Gasteiger partial charge in [0.1, 0.15) is 0 Å². The summed E-state index contributed by atoms with van der Waals surface area (Å²) in [6, 6.07) is 29.5. The minimum absolute atomic E-state index is 0.192. The summed E-state index contributed by atoms with van der Waals surface area (Å²) < 4.78 is 0. The Morgan fingerprint density at radius 1 is 0.742 bits per heavy atom. The van der Waals surface area contributed by atoms with Gasteiger partial charge in [0.25, 0.3) is 0 Å². The Kier molecular flexibility index (Phi) is 4.07. The number of hydrogen-bond donors (Lipinski definition) is 1. The van der Waals surface area contributed by atoms with E-state index in [0.717, 1.165) is 35.6 Å². The number of aryl methyl sites for hydroxylation is 1. The Morgan fingerprint density at radius 3 is 2.32 bits per heavy atom. The number of aromatic carboxylic acids is 1. The fourth-order valence-corrected chi connectivity index (χ4v) is 5.49. The predicted octanol–water partition coefficient (Wildman–Crippen LogP) is 7.31. The first-order valence-electron chi connectivity index (χ1n) is 10.9. The van der Waals surface area contributed by atoms with Crippen LogP contribution < -0.4 is 0 Å². The van der Waals surface area contributed by atoms with Gasteiger partial charge in [0, 0.05) is 5.92 Å². The summed E-state index contributed by atoms with van der Waals surface area (Å²) in [4.78, 5) is 11.9. The van der Waals surface area contributed by atoms with Crippen molar-refractivity contribution in [2.75, 3.05) is 0 Å². The monoisotopic (exact) mass is 402 g/mol. The maximum atomic E-state index is 11.9. The molecule has 0 spiro atoms. The van der Waals surface area contributed by atoms with Gasteiger partial charge in [-0.3, -0.25) is 0 Å². The lowest BCUT2D eigenvalue weighted by atomic mass is 9.75. The summed E-state index contributed by atoms with van der Waals surface area (Å²) in [6.07, 6.45) is 3.22. The second-order valence-corrected chi connectivity index (χ2v) is 8.56. The molecule has 0 aliphatic heterocycles. The molecule has 1 atom stereocenters. The number of carbonyl (C=O) groups is 1. The maximum Gasteiger partial charge on any atom is 0.335 e. The van der Waals surface area contributed by atoms with Gasteiger partial charge in [0.15, 0.2) is 0 Å². The molecule has 0 saturated heterocycles. The summed E-state index contributed by atoms with van der Waals surface area (Å²) in [7, 11) is 0. The number of rotatable bonds is 2. The highest BCUT2D eigenvalue weighted by molar-refractivity contribution is 6.09. The lowest BCUT2D eigenvalue weighted by molar-refractivity contribution is 0.0697. The molecule has 2 nitrogen and oxygen atoms in total. The molecule has 1 unspecified atom stereocenters. The molecular formula is C29H22O2. The average Bonchev–Trinajstić information content (AvgIpc) is 2.82. The van der Waals surface area contributed by atoms with Crippen molar-refractivity contribution >= 4 is 38.3 Å². The number of fused-ring (bicyclic) bond motifs is 6. The fraction of sp³-hybridized carbons (Fsp3) is 0.138. The summed E-state index contributed by atoms with van der Waals surface area (Å²) in [5, 5.41) is 17.0. The molecule has 6 rings (SSSR count). The van der Waals surface area contributed by atoms with Crippen molar-refractivity contribution in [1.29, 1.82) is 0 Å². The van der Waals surface area contributed by atoms with Gasteiger partial charge < -0.3 is 5.11 Å². The van der Waals surface area contributed by atoms with Crippen LogP contribution in [0, 0.1) is 0 Å². The van der Waals surface area contributed by atoms with E-state index in [1.807, 2.05) is 24.3 Å². The molecule has 31 heavy (non-hydrogen) atoms. The smallest absolute Gasteiger partial charge is 0.335 e. The second kappa shape index (κ2) is 6.95. The Labute approximate surface area is 180 Å². The Morgan fingerprint density at radius 2 is 1.48 bits per heavy atom. The van der Waals surface area contributed by atoms with E-state index in [2.05, 4.69) is 54.6 Å². The van der Waals surface area contributed by atoms with Gasteiger partial charge in [-0.1, -0.05) is 72.8 Å².